The standard InChI is InChI=1S/C21H30ClN5O3/c1-2-9-27(21(30)24-15-28)19-14-16(3-4-18(19)22)20(29)26-10-5-17(6-11-26)25-12-7-23-8-13-25/h3-4,14-15,17,23H,2,5-13H2,1H3,(H,24,28,30). The molecule has 2 N–H and O–H groups in total. The summed E-state index contributed by atoms with van der Waals surface area (Å²) in [6.07, 6.45) is 2.96. The number of halogens is 1. The first-order valence-corrected chi connectivity index (χ1v) is 11.0. The van der Waals surface area contributed by atoms with Crippen LogP contribution in [0.3, 0.4) is 0 Å². The summed E-state index contributed by atoms with van der Waals surface area (Å²) in [7, 11) is 0. The van der Waals surface area contributed by atoms with Gasteiger partial charge in [0.2, 0.25) is 6.41 Å². The van der Waals surface area contributed by atoms with Crippen LogP contribution in [-0.4, -0.2) is 80.0 Å². The highest BCUT2D eigenvalue weighted by Gasteiger charge is 2.28. The van der Waals surface area contributed by atoms with Crippen LogP contribution < -0.4 is 15.5 Å². The predicted molar refractivity (Wildman–Crippen MR) is 117 cm³/mol. The molecule has 2 fully saturated rings. The molecule has 2 heterocycles. The number of likely N-dealkylation sites (tertiary alicyclic amines) is 1. The first-order valence-electron chi connectivity index (χ1n) is 10.6. The van der Waals surface area contributed by atoms with E-state index in [0.29, 0.717) is 41.7 Å². The second kappa shape index (κ2) is 10.7. The van der Waals surface area contributed by atoms with Crippen molar-refractivity contribution in [3.05, 3.63) is 28.8 Å². The normalized spacial score (nSPS) is 18.1. The molecule has 0 aliphatic carbocycles. The minimum Gasteiger partial charge on any atom is -0.339 e. The van der Waals surface area contributed by atoms with Crippen molar-refractivity contribution < 1.29 is 14.4 Å². The molecule has 9 heteroatoms. The third-order valence-corrected chi connectivity index (χ3v) is 6.10. The molecule has 0 bridgehead atoms. The Labute approximate surface area is 182 Å². The van der Waals surface area contributed by atoms with E-state index in [9.17, 15) is 14.4 Å². The zero-order chi connectivity index (χ0) is 21.5. The molecule has 0 radical (unpaired) electrons. The Balaban J connectivity index is 1.69. The van der Waals surface area contributed by atoms with Gasteiger partial charge in [-0.3, -0.25) is 24.7 Å². The average molecular weight is 436 g/mol. The monoisotopic (exact) mass is 435 g/mol. The number of amides is 4. The lowest BCUT2D eigenvalue weighted by Crippen LogP contribution is -2.52. The lowest BCUT2D eigenvalue weighted by molar-refractivity contribution is -0.108. The van der Waals surface area contributed by atoms with E-state index >= 15 is 0 Å². The molecule has 3 rings (SSSR count). The van der Waals surface area contributed by atoms with E-state index in [0.717, 1.165) is 52.1 Å². The first-order chi connectivity index (χ1) is 14.5. The van der Waals surface area contributed by atoms with Gasteiger partial charge in [0.25, 0.3) is 5.91 Å². The van der Waals surface area contributed by atoms with Crippen molar-refractivity contribution in [3.63, 3.8) is 0 Å². The van der Waals surface area contributed by atoms with Gasteiger partial charge in [0.15, 0.2) is 0 Å². The van der Waals surface area contributed by atoms with Gasteiger partial charge in [0.1, 0.15) is 0 Å². The maximum Gasteiger partial charge on any atom is 0.328 e. The number of hydrogen-bond donors (Lipinski definition) is 2. The number of carbonyl (C=O) groups excluding carboxylic acids is 3. The van der Waals surface area contributed by atoms with Crippen molar-refractivity contribution in [3.8, 4) is 0 Å². The SMILES string of the molecule is CCCN(C(=O)NC=O)c1cc(C(=O)N2CCC(N3CCNCC3)CC2)ccc1Cl. The molecule has 0 aromatic heterocycles. The smallest absolute Gasteiger partial charge is 0.328 e. The Morgan fingerprint density at radius 3 is 2.57 bits per heavy atom. The zero-order valence-electron chi connectivity index (χ0n) is 17.4. The summed E-state index contributed by atoms with van der Waals surface area (Å²) in [5.41, 5.74) is 0.925. The highest BCUT2D eigenvalue weighted by molar-refractivity contribution is 6.34. The van der Waals surface area contributed by atoms with E-state index < -0.39 is 6.03 Å². The van der Waals surface area contributed by atoms with Gasteiger partial charge in [-0.15, -0.1) is 0 Å². The lowest BCUT2D eigenvalue weighted by atomic mass is 10.0. The van der Waals surface area contributed by atoms with Crippen LogP contribution in [0, 0.1) is 0 Å². The molecule has 4 amide bonds. The van der Waals surface area contributed by atoms with Crippen molar-refractivity contribution in [1.29, 1.82) is 0 Å². The number of hydrogen-bond acceptors (Lipinski definition) is 5. The fourth-order valence-corrected chi connectivity index (χ4v) is 4.42. The number of anilines is 1. The van der Waals surface area contributed by atoms with E-state index in [1.54, 1.807) is 18.2 Å². The quantitative estimate of drug-likeness (QED) is 0.667. The number of carbonyl (C=O) groups is 3. The topological polar surface area (TPSA) is 85.0 Å². The third kappa shape index (κ3) is 5.30. The lowest BCUT2D eigenvalue weighted by Gasteiger charge is -2.40. The van der Waals surface area contributed by atoms with Crippen molar-refractivity contribution in [1.82, 2.24) is 20.4 Å². The molecular formula is C21H30ClN5O3. The molecular weight excluding hydrogens is 406 g/mol. The van der Waals surface area contributed by atoms with Gasteiger partial charge in [-0.25, -0.2) is 4.79 Å². The number of urea groups is 1. The van der Waals surface area contributed by atoms with Gasteiger partial charge < -0.3 is 10.2 Å². The van der Waals surface area contributed by atoms with E-state index in [4.69, 9.17) is 11.6 Å². The second-order valence-corrected chi connectivity index (χ2v) is 8.10. The van der Waals surface area contributed by atoms with Crippen molar-refractivity contribution in [2.75, 3.05) is 50.7 Å². The first kappa shape index (κ1) is 22.5. The van der Waals surface area contributed by atoms with Crippen molar-refractivity contribution in [2.24, 2.45) is 0 Å². The van der Waals surface area contributed by atoms with Gasteiger partial charge in [-0.2, -0.15) is 0 Å². The molecule has 30 heavy (non-hydrogen) atoms. The van der Waals surface area contributed by atoms with Gasteiger partial charge in [-0.05, 0) is 37.5 Å². The molecule has 2 saturated heterocycles. The van der Waals surface area contributed by atoms with Crippen LogP contribution in [0.5, 0.6) is 0 Å². The Bertz CT molecular complexity index is 761. The third-order valence-electron chi connectivity index (χ3n) is 5.78. The van der Waals surface area contributed by atoms with Gasteiger partial charge >= 0.3 is 6.03 Å². The Kier molecular flexibility index (Phi) is 8.07. The average Bonchev–Trinajstić information content (AvgIpc) is 2.78. The zero-order valence-corrected chi connectivity index (χ0v) is 18.2. The van der Waals surface area contributed by atoms with Crippen LogP contribution in [0.1, 0.15) is 36.5 Å². The number of imide groups is 1. The summed E-state index contributed by atoms with van der Waals surface area (Å²) >= 11 is 6.32. The second-order valence-electron chi connectivity index (χ2n) is 7.69. The molecule has 2 aliphatic heterocycles. The van der Waals surface area contributed by atoms with Crippen LogP contribution in [-0.2, 0) is 4.79 Å². The maximum atomic E-state index is 13.1. The summed E-state index contributed by atoms with van der Waals surface area (Å²) in [6.45, 7) is 7.92. The Morgan fingerprint density at radius 1 is 1.23 bits per heavy atom. The largest absolute Gasteiger partial charge is 0.339 e. The van der Waals surface area contributed by atoms with E-state index in [-0.39, 0.29) is 5.91 Å². The van der Waals surface area contributed by atoms with Gasteiger partial charge in [0.05, 0.1) is 10.7 Å². The summed E-state index contributed by atoms with van der Waals surface area (Å²) < 4.78 is 0. The predicted octanol–water partition coefficient (Wildman–Crippen LogP) is 1.93. The minimum atomic E-state index is -0.560. The van der Waals surface area contributed by atoms with E-state index in [1.165, 1.54) is 4.90 Å². The molecule has 1 aromatic rings. The Morgan fingerprint density at radius 2 is 1.93 bits per heavy atom. The fraction of sp³-hybridized carbons (Fsp3) is 0.571. The van der Waals surface area contributed by atoms with Crippen LogP contribution in [0.15, 0.2) is 18.2 Å². The molecule has 8 nitrogen and oxygen atoms in total. The number of benzene rings is 1. The molecule has 0 saturated carbocycles. The number of rotatable bonds is 6. The highest BCUT2D eigenvalue weighted by atomic mass is 35.5. The highest BCUT2D eigenvalue weighted by Crippen LogP contribution is 2.29. The van der Waals surface area contributed by atoms with E-state index in [2.05, 4.69) is 15.5 Å². The molecule has 1 aromatic carbocycles. The maximum absolute atomic E-state index is 13.1. The molecule has 164 valence electrons. The van der Waals surface area contributed by atoms with Gasteiger partial charge in [-0.1, -0.05) is 18.5 Å². The summed E-state index contributed by atoms with van der Waals surface area (Å²) in [5, 5.41) is 5.88. The molecule has 0 atom stereocenters. The summed E-state index contributed by atoms with van der Waals surface area (Å²) in [5.74, 6) is -0.0566. The summed E-state index contributed by atoms with van der Waals surface area (Å²) in [4.78, 5) is 41.9. The van der Waals surface area contributed by atoms with E-state index in [1.807, 2.05) is 11.8 Å². The summed E-state index contributed by atoms with van der Waals surface area (Å²) in [6, 6.07) is 4.94. The molecule has 0 spiro atoms. The van der Waals surface area contributed by atoms with Gasteiger partial charge in [0, 0.05) is 57.4 Å². The minimum absolute atomic E-state index is 0.0566. The van der Waals surface area contributed by atoms with Crippen LogP contribution in [0.2, 0.25) is 5.02 Å². The number of piperazine rings is 1. The van der Waals surface area contributed by atoms with Crippen LogP contribution >= 0.6 is 11.6 Å². The number of nitrogens with zero attached hydrogens (tertiary/aromatic N) is 3. The molecule has 0 unspecified atom stereocenters. The van der Waals surface area contributed by atoms with Crippen LogP contribution in [0.4, 0.5) is 10.5 Å². The number of nitrogens with one attached hydrogen (secondary N) is 2. The van der Waals surface area contributed by atoms with Crippen molar-refractivity contribution >= 4 is 35.6 Å². The Hall–Kier alpha value is -2.16. The molecule has 2 aliphatic rings. The van der Waals surface area contributed by atoms with Crippen LogP contribution in [0.25, 0.3) is 0 Å². The van der Waals surface area contributed by atoms with Crippen molar-refractivity contribution in [2.45, 2.75) is 32.2 Å². The fourth-order valence-electron chi connectivity index (χ4n) is 4.20. The number of piperidine rings is 1.